The molecule has 0 spiro atoms. The van der Waals surface area contributed by atoms with Gasteiger partial charge in [-0.3, -0.25) is 9.78 Å². The van der Waals surface area contributed by atoms with Gasteiger partial charge in [0.25, 0.3) is 5.56 Å². The van der Waals surface area contributed by atoms with Crippen LogP contribution in [0.1, 0.15) is 44.4 Å². The van der Waals surface area contributed by atoms with Crippen molar-refractivity contribution in [2.75, 3.05) is 18.0 Å². The molecule has 1 saturated heterocycles. The average molecular weight is 261 g/mol. The molecule has 1 aliphatic heterocycles. The van der Waals surface area contributed by atoms with Crippen LogP contribution in [0.15, 0.2) is 4.79 Å². The summed E-state index contributed by atoms with van der Waals surface area (Å²) in [6.45, 7) is 6.57. The zero-order valence-electron chi connectivity index (χ0n) is 11.9. The average Bonchev–Trinajstić information content (AvgIpc) is 2.37. The number of rotatable bonds is 1. The lowest BCUT2D eigenvalue weighted by molar-refractivity contribution is 0.353. The molecule has 2 unspecified atom stereocenters. The van der Waals surface area contributed by atoms with E-state index < -0.39 is 0 Å². The van der Waals surface area contributed by atoms with Gasteiger partial charge in [0.05, 0.1) is 5.69 Å². The Morgan fingerprint density at radius 2 is 1.84 bits per heavy atom. The van der Waals surface area contributed by atoms with Crippen molar-refractivity contribution in [3.05, 3.63) is 21.6 Å². The molecule has 1 aromatic heterocycles. The van der Waals surface area contributed by atoms with E-state index in [1.165, 1.54) is 6.42 Å². The number of aryl methyl sites for hydroxylation is 1. The van der Waals surface area contributed by atoms with Gasteiger partial charge < -0.3 is 4.90 Å². The Kier molecular flexibility index (Phi) is 3.33. The molecule has 3 rings (SSSR count). The number of fused-ring (bicyclic) bond motifs is 1. The summed E-state index contributed by atoms with van der Waals surface area (Å²) >= 11 is 0. The summed E-state index contributed by atoms with van der Waals surface area (Å²) < 4.78 is 0. The lowest BCUT2D eigenvalue weighted by Gasteiger charge is -2.35. The molecule has 0 aromatic carbocycles. The van der Waals surface area contributed by atoms with Crippen LogP contribution >= 0.6 is 0 Å². The van der Waals surface area contributed by atoms with Crippen LogP contribution in [-0.4, -0.2) is 23.1 Å². The molecule has 4 nitrogen and oxygen atoms in total. The normalized spacial score (nSPS) is 27.2. The summed E-state index contributed by atoms with van der Waals surface area (Å²) in [5.41, 5.74) is 2.05. The summed E-state index contributed by atoms with van der Waals surface area (Å²) in [5.74, 6) is 2.14. The Hall–Kier alpha value is -1.32. The number of piperidine rings is 1. The molecule has 4 heteroatoms. The van der Waals surface area contributed by atoms with E-state index >= 15 is 0 Å². The maximum atomic E-state index is 12.2. The molecule has 2 atom stereocenters. The third-order valence-electron chi connectivity index (χ3n) is 4.35. The fourth-order valence-corrected chi connectivity index (χ4v) is 3.58. The van der Waals surface area contributed by atoms with Gasteiger partial charge in [0.15, 0.2) is 0 Å². The highest BCUT2D eigenvalue weighted by atomic mass is 16.1. The highest BCUT2D eigenvalue weighted by Crippen LogP contribution is 2.25. The van der Waals surface area contributed by atoms with Crippen molar-refractivity contribution in [1.82, 2.24) is 9.97 Å². The molecule has 1 fully saturated rings. The number of aromatic nitrogens is 2. The molecule has 2 aliphatic rings. The van der Waals surface area contributed by atoms with Crippen molar-refractivity contribution >= 4 is 5.95 Å². The highest BCUT2D eigenvalue weighted by molar-refractivity contribution is 5.35. The number of hydrogen-bond acceptors (Lipinski definition) is 3. The predicted molar refractivity (Wildman–Crippen MR) is 76.7 cm³/mol. The van der Waals surface area contributed by atoms with Gasteiger partial charge in [0, 0.05) is 18.7 Å². The Balaban J connectivity index is 1.92. The first-order chi connectivity index (χ1) is 9.13. The topological polar surface area (TPSA) is 49.0 Å². The molecule has 0 radical (unpaired) electrons. The maximum absolute atomic E-state index is 12.2. The molecule has 0 amide bonds. The molecule has 2 heterocycles. The second-order valence-corrected chi connectivity index (χ2v) is 6.37. The second-order valence-electron chi connectivity index (χ2n) is 6.37. The van der Waals surface area contributed by atoms with Crippen LogP contribution in [0.3, 0.4) is 0 Å². The van der Waals surface area contributed by atoms with E-state index in [2.05, 4.69) is 23.7 Å². The lowest BCUT2D eigenvalue weighted by Crippen LogP contribution is -2.41. The quantitative estimate of drug-likeness (QED) is 0.842. The first kappa shape index (κ1) is 12.7. The fraction of sp³-hybridized carbons (Fsp3) is 0.733. The van der Waals surface area contributed by atoms with Crippen molar-refractivity contribution in [3.63, 3.8) is 0 Å². The van der Waals surface area contributed by atoms with Crippen molar-refractivity contribution in [2.24, 2.45) is 11.8 Å². The first-order valence-corrected chi connectivity index (χ1v) is 7.50. The summed E-state index contributed by atoms with van der Waals surface area (Å²) in [6, 6.07) is 0. The summed E-state index contributed by atoms with van der Waals surface area (Å²) in [6.07, 6.45) is 5.41. The zero-order chi connectivity index (χ0) is 13.4. The number of nitrogens with one attached hydrogen (secondary N) is 1. The Bertz CT molecular complexity index is 513. The standard InChI is InChI=1S/C15H23N3O/c1-10-7-11(2)9-18(8-10)15-16-13-6-4-3-5-12(13)14(19)17-15/h10-11H,3-9H2,1-2H3,(H,16,17,19). The molecule has 0 saturated carbocycles. The smallest absolute Gasteiger partial charge is 0.255 e. The van der Waals surface area contributed by atoms with Gasteiger partial charge in [-0.1, -0.05) is 13.8 Å². The Labute approximate surface area is 114 Å². The van der Waals surface area contributed by atoms with Crippen LogP contribution in [-0.2, 0) is 12.8 Å². The number of anilines is 1. The van der Waals surface area contributed by atoms with Gasteiger partial charge >= 0.3 is 0 Å². The van der Waals surface area contributed by atoms with Crippen LogP contribution in [0.25, 0.3) is 0 Å². The Morgan fingerprint density at radius 1 is 1.16 bits per heavy atom. The van der Waals surface area contributed by atoms with Crippen LogP contribution in [0.5, 0.6) is 0 Å². The monoisotopic (exact) mass is 261 g/mol. The van der Waals surface area contributed by atoms with Crippen molar-refractivity contribution in [3.8, 4) is 0 Å². The number of H-pyrrole nitrogens is 1. The third-order valence-corrected chi connectivity index (χ3v) is 4.35. The summed E-state index contributed by atoms with van der Waals surface area (Å²) in [5, 5.41) is 0. The number of aromatic amines is 1. The molecular formula is C15H23N3O. The number of hydrogen-bond donors (Lipinski definition) is 1. The van der Waals surface area contributed by atoms with Crippen molar-refractivity contribution in [1.29, 1.82) is 0 Å². The summed E-state index contributed by atoms with van der Waals surface area (Å²) in [7, 11) is 0. The molecule has 1 aliphatic carbocycles. The van der Waals surface area contributed by atoms with E-state index in [1.807, 2.05) is 0 Å². The van der Waals surface area contributed by atoms with Crippen molar-refractivity contribution in [2.45, 2.75) is 46.0 Å². The molecular weight excluding hydrogens is 238 g/mol. The first-order valence-electron chi connectivity index (χ1n) is 7.50. The summed E-state index contributed by atoms with van der Waals surface area (Å²) in [4.78, 5) is 22.2. The minimum absolute atomic E-state index is 0.0885. The molecule has 1 N–H and O–H groups in total. The van der Waals surface area contributed by atoms with Crippen LogP contribution < -0.4 is 10.5 Å². The number of nitrogens with zero attached hydrogens (tertiary/aromatic N) is 2. The Morgan fingerprint density at radius 3 is 2.58 bits per heavy atom. The molecule has 1 aromatic rings. The van der Waals surface area contributed by atoms with Crippen LogP contribution in [0, 0.1) is 11.8 Å². The van der Waals surface area contributed by atoms with Gasteiger partial charge in [0.1, 0.15) is 0 Å². The van der Waals surface area contributed by atoms with E-state index in [0.717, 1.165) is 56.0 Å². The predicted octanol–water partition coefficient (Wildman–Crippen LogP) is 2.13. The largest absolute Gasteiger partial charge is 0.342 e. The van der Waals surface area contributed by atoms with Crippen LogP contribution in [0.2, 0.25) is 0 Å². The van der Waals surface area contributed by atoms with E-state index in [4.69, 9.17) is 4.98 Å². The van der Waals surface area contributed by atoms with E-state index in [0.29, 0.717) is 11.8 Å². The minimum Gasteiger partial charge on any atom is -0.342 e. The van der Waals surface area contributed by atoms with E-state index in [-0.39, 0.29) is 5.56 Å². The zero-order valence-corrected chi connectivity index (χ0v) is 11.9. The fourth-order valence-electron chi connectivity index (χ4n) is 3.58. The lowest BCUT2D eigenvalue weighted by atomic mass is 9.92. The van der Waals surface area contributed by atoms with E-state index in [9.17, 15) is 4.79 Å². The van der Waals surface area contributed by atoms with Crippen molar-refractivity contribution < 1.29 is 0 Å². The van der Waals surface area contributed by atoms with Gasteiger partial charge in [-0.2, -0.15) is 0 Å². The minimum atomic E-state index is 0.0885. The van der Waals surface area contributed by atoms with Gasteiger partial charge in [-0.25, -0.2) is 4.98 Å². The molecule has 0 bridgehead atoms. The molecule has 104 valence electrons. The van der Waals surface area contributed by atoms with Gasteiger partial charge in [-0.15, -0.1) is 0 Å². The molecule has 19 heavy (non-hydrogen) atoms. The third kappa shape index (κ3) is 2.53. The van der Waals surface area contributed by atoms with Gasteiger partial charge in [0.2, 0.25) is 5.95 Å². The second kappa shape index (κ2) is 4.99. The highest BCUT2D eigenvalue weighted by Gasteiger charge is 2.25. The SMILES string of the molecule is CC1CC(C)CN(c2nc3c(c(=O)[nH]2)CCCC3)C1. The van der Waals surface area contributed by atoms with Gasteiger partial charge in [-0.05, 0) is 43.9 Å². The maximum Gasteiger partial charge on any atom is 0.255 e. The van der Waals surface area contributed by atoms with Crippen LogP contribution in [0.4, 0.5) is 5.95 Å². The van der Waals surface area contributed by atoms with E-state index in [1.54, 1.807) is 0 Å².